The second-order valence-electron chi connectivity index (χ2n) is 6.14. The lowest BCUT2D eigenvalue weighted by molar-refractivity contribution is -0.170. The van der Waals surface area contributed by atoms with Crippen LogP contribution in [0, 0.1) is 11.8 Å². The first-order valence-corrected chi connectivity index (χ1v) is 7.65. The molecule has 2 aliphatic rings. The summed E-state index contributed by atoms with van der Waals surface area (Å²) < 4.78 is 41.1. The molecule has 22 heavy (non-hydrogen) atoms. The highest BCUT2D eigenvalue weighted by atomic mass is 19.4. The van der Waals surface area contributed by atoms with Crippen LogP contribution in [0.1, 0.15) is 37.2 Å². The zero-order valence-corrected chi connectivity index (χ0v) is 12.1. The van der Waals surface area contributed by atoms with Crippen molar-refractivity contribution in [3.63, 3.8) is 0 Å². The van der Waals surface area contributed by atoms with E-state index in [9.17, 15) is 18.0 Å². The van der Waals surface area contributed by atoms with E-state index in [0.29, 0.717) is 12.8 Å². The average Bonchev–Trinajstić information content (AvgIpc) is 2.50. The second kappa shape index (κ2) is 5.91. The van der Waals surface area contributed by atoms with Crippen LogP contribution < -0.4 is 10.9 Å². The van der Waals surface area contributed by atoms with Gasteiger partial charge >= 0.3 is 6.18 Å². The fraction of sp³-hybridized carbons (Fsp3) is 0.562. The number of rotatable bonds is 2. The van der Waals surface area contributed by atoms with E-state index in [4.69, 9.17) is 0 Å². The first-order valence-electron chi connectivity index (χ1n) is 7.65. The first kappa shape index (κ1) is 15.3. The van der Waals surface area contributed by atoms with Gasteiger partial charge in [0.25, 0.3) is 0 Å². The highest BCUT2D eigenvalue weighted by Crippen LogP contribution is 2.45. The Labute approximate surface area is 127 Å². The van der Waals surface area contributed by atoms with Gasteiger partial charge in [0.05, 0.1) is 5.92 Å². The van der Waals surface area contributed by atoms with Crippen LogP contribution in [0.2, 0.25) is 0 Å². The topological polar surface area (TPSA) is 41.1 Å². The molecule has 1 aliphatic carbocycles. The lowest BCUT2D eigenvalue weighted by Gasteiger charge is -2.44. The SMILES string of the molecule is O=C1NNC(C(c2ccccc2)C(F)(F)F)C2CCCCC12. The molecule has 1 heterocycles. The highest BCUT2D eigenvalue weighted by Gasteiger charge is 2.52. The molecule has 1 aliphatic heterocycles. The minimum absolute atomic E-state index is 0.171. The van der Waals surface area contributed by atoms with Gasteiger partial charge in [-0.2, -0.15) is 13.2 Å². The fourth-order valence-electron chi connectivity index (χ4n) is 3.86. The lowest BCUT2D eigenvalue weighted by Crippen LogP contribution is -2.62. The van der Waals surface area contributed by atoms with Crippen molar-refractivity contribution >= 4 is 5.91 Å². The molecular weight excluding hydrogens is 293 g/mol. The van der Waals surface area contributed by atoms with E-state index in [1.807, 2.05) is 0 Å². The predicted molar refractivity (Wildman–Crippen MR) is 75.8 cm³/mol. The number of amides is 1. The van der Waals surface area contributed by atoms with Gasteiger partial charge in [-0.25, -0.2) is 5.43 Å². The van der Waals surface area contributed by atoms with Crippen molar-refractivity contribution in [1.29, 1.82) is 0 Å². The van der Waals surface area contributed by atoms with Crippen LogP contribution in [0.5, 0.6) is 0 Å². The van der Waals surface area contributed by atoms with E-state index >= 15 is 0 Å². The molecule has 6 heteroatoms. The normalized spacial score (nSPS) is 30.3. The lowest BCUT2D eigenvalue weighted by atomic mass is 9.69. The van der Waals surface area contributed by atoms with Crippen LogP contribution in [-0.2, 0) is 4.79 Å². The number of hydrogen-bond acceptors (Lipinski definition) is 2. The Morgan fingerprint density at radius 1 is 1.09 bits per heavy atom. The Kier molecular flexibility index (Phi) is 4.12. The summed E-state index contributed by atoms with van der Waals surface area (Å²) in [7, 11) is 0. The van der Waals surface area contributed by atoms with Crippen molar-refractivity contribution in [3.8, 4) is 0 Å². The molecule has 4 atom stereocenters. The smallest absolute Gasteiger partial charge is 0.291 e. The summed E-state index contributed by atoms with van der Waals surface area (Å²) in [6.45, 7) is 0. The summed E-state index contributed by atoms with van der Waals surface area (Å²) in [5, 5.41) is 0. The van der Waals surface area contributed by atoms with Crippen molar-refractivity contribution in [2.45, 2.75) is 43.8 Å². The third-order valence-electron chi connectivity index (χ3n) is 4.85. The quantitative estimate of drug-likeness (QED) is 0.881. The van der Waals surface area contributed by atoms with E-state index < -0.39 is 18.1 Å². The molecule has 1 aromatic carbocycles. The number of nitrogens with one attached hydrogen (secondary N) is 2. The summed E-state index contributed by atoms with van der Waals surface area (Å²) in [6.07, 6.45) is -1.23. The average molecular weight is 312 g/mol. The van der Waals surface area contributed by atoms with Gasteiger partial charge in [-0.15, -0.1) is 0 Å². The van der Waals surface area contributed by atoms with Crippen LogP contribution in [0.3, 0.4) is 0 Å². The zero-order chi connectivity index (χ0) is 15.7. The van der Waals surface area contributed by atoms with E-state index in [1.54, 1.807) is 18.2 Å². The minimum atomic E-state index is -4.36. The number of alkyl halides is 3. The Bertz CT molecular complexity index is 532. The molecule has 120 valence electrons. The van der Waals surface area contributed by atoms with Crippen molar-refractivity contribution in [2.24, 2.45) is 11.8 Å². The molecule has 2 N–H and O–H groups in total. The molecular formula is C16H19F3N2O. The molecule has 0 bridgehead atoms. The molecule has 3 nitrogen and oxygen atoms in total. The summed E-state index contributed by atoms with van der Waals surface area (Å²) in [5.74, 6) is -2.36. The number of carbonyl (C=O) groups is 1. The molecule has 2 fully saturated rings. The number of fused-ring (bicyclic) bond motifs is 1. The van der Waals surface area contributed by atoms with Crippen LogP contribution in [0.25, 0.3) is 0 Å². The standard InChI is InChI=1S/C16H19F3N2O/c17-16(18,19)13(10-6-2-1-3-7-10)14-11-8-4-5-9-12(11)15(22)21-20-14/h1-3,6-7,11-14,20H,4-5,8-9H2,(H,21,22). The number of halogens is 3. The van der Waals surface area contributed by atoms with Crippen LogP contribution >= 0.6 is 0 Å². The minimum Gasteiger partial charge on any atom is -0.291 e. The Hall–Kier alpha value is -1.56. The van der Waals surface area contributed by atoms with E-state index in [2.05, 4.69) is 10.9 Å². The van der Waals surface area contributed by atoms with Gasteiger partial charge in [-0.1, -0.05) is 43.2 Å². The van der Waals surface area contributed by atoms with Gasteiger partial charge in [-0.3, -0.25) is 10.2 Å². The molecule has 3 rings (SSSR count). The van der Waals surface area contributed by atoms with Crippen LogP contribution in [0.4, 0.5) is 13.2 Å². The van der Waals surface area contributed by atoms with Gasteiger partial charge < -0.3 is 0 Å². The van der Waals surface area contributed by atoms with E-state index in [1.165, 1.54) is 12.1 Å². The Morgan fingerprint density at radius 2 is 1.77 bits per heavy atom. The first-order chi connectivity index (χ1) is 10.5. The number of hydrogen-bond donors (Lipinski definition) is 2. The summed E-state index contributed by atoms with van der Waals surface area (Å²) in [6, 6.07) is 7.14. The summed E-state index contributed by atoms with van der Waals surface area (Å²) >= 11 is 0. The summed E-state index contributed by atoms with van der Waals surface area (Å²) in [5.41, 5.74) is 5.36. The maximum Gasteiger partial charge on any atom is 0.397 e. The number of hydrazine groups is 1. The van der Waals surface area contributed by atoms with Crippen molar-refractivity contribution in [3.05, 3.63) is 35.9 Å². The van der Waals surface area contributed by atoms with Gasteiger partial charge in [0.1, 0.15) is 0 Å². The van der Waals surface area contributed by atoms with E-state index in [0.717, 1.165) is 12.8 Å². The van der Waals surface area contributed by atoms with Crippen LogP contribution in [-0.4, -0.2) is 18.1 Å². The van der Waals surface area contributed by atoms with Gasteiger partial charge in [0, 0.05) is 12.0 Å². The summed E-state index contributed by atoms with van der Waals surface area (Å²) in [4.78, 5) is 11.9. The molecule has 1 aromatic rings. The van der Waals surface area contributed by atoms with Gasteiger partial charge in [0.15, 0.2) is 0 Å². The van der Waals surface area contributed by atoms with Gasteiger partial charge in [0.2, 0.25) is 5.91 Å². The molecule has 0 aromatic heterocycles. The van der Waals surface area contributed by atoms with Crippen molar-refractivity contribution in [1.82, 2.24) is 10.9 Å². The monoisotopic (exact) mass is 312 g/mol. The molecule has 4 unspecified atom stereocenters. The van der Waals surface area contributed by atoms with Crippen LogP contribution in [0.15, 0.2) is 30.3 Å². The maximum atomic E-state index is 13.7. The molecule has 0 spiro atoms. The molecule has 1 saturated carbocycles. The van der Waals surface area contributed by atoms with Gasteiger partial charge in [-0.05, 0) is 24.3 Å². The highest BCUT2D eigenvalue weighted by molar-refractivity contribution is 5.79. The van der Waals surface area contributed by atoms with Crippen molar-refractivity contribution in [2.75, 3.05) is 0 Å². The fourth-order valence-corrected chi connectivity index (χ4v) is 3.86. The predicted octanol–water partition coefficient (Wildman–Crippen LogP) is 3.14. The maximum absolute atomic E-state index is 13.7. The Morgan fingerprint density at radius 3 is 2.45 bits per heavy atom. The largest absolute Gasteiger partial charge is 0.397 e. The second-order valence-corrected chi connectivity index (χ2v) is 6.14. The molecule has 1 saturated heterocycles. The third-order valence-corrected chi connectivity index (χ3v) is 4.85. The van der Waals surface area contributed by atoms with E-state index in [-0.39, 0.29) is 23.3 Å². The van der Waals surface area contributed by atoms with Crippen molar-refractivity contribution < 1.29 is 18.0 Å². The Balaban J connectivity index is 1.95. The molecule has 1 amide bonds. The molecule has 0 radical (unpaired) electrons. The third kappa shape index (κ3) is 2.84. The number of benzene rings is 1. The zero-order valence-electron chi connectivity index (χ0n) is 12.1. The number of carbonyl (C=O) groups excluding carboxylic acids is 1.